The Morgan fingerprint density at radius 1 is 1.29 bits per heavy atom. The number of rotatable bonds is 7. The topological polar surface area (TPSA) is 70.8 Å². The van der Waals surface area contributed by atoms with Gasteiger partial charge in [0.2, 0.25) is 0 Å². The maximum atomic E-state index is 12.2. The van der Waals surface area contributed by atoms with E-state index in [0.717, 1.165) is 19.3 Å². The van der Waals surface area contributed by atoms with Gasteiger partial charge in [-0.25, -0.2) is 0 Å². The number of halogens is 3. The summed E-state index contributed by atoms with van der Waals surface area (Å²) < 4.78 is 53.2. The standard InChI is InChI=1S/C16H28F3NO4/c1-3-4-6-12-11(2)24-15(21)13(20)9-22-10-14(12)23-8-5-7-16(17,18)19/h11-14H,3-10,20H2,1-2H3. The molecule has 0 aromatic heterocycles. The molecule has 0 amide bonds. The molecule has 0 aromatic rings. The van der Waals surface area contributed by atoms with Crippen molar-refractivity contribution in [3.63, 3.8) is 0 Å². The van der Waals surface area contributed by atoms with Gasteiger partial charge in [0.25, 0.3) is 0 Å². The molecule has 0 saturated carbocycles. The van der Waals surface area contributed by atoms with Crippen LogP contribution in [0.1, 0.15) is 46.0 Å². The van der Waals surface area contributed by atoms with Gasteiger partial charge in [0.05, 0.1) is 19.3 Å². The van der Waals surface area contributed by atoms with Gasteiger partial charge in [-0.3, -0.25) is 4.79 Å². The van der Waals surface area contributed by atoms with Crippen LogP contribution in [0.4, 0.5) is 13.2 Å². The average molecular weight is 355 g/mol. The van der Waals surface area contributed by atoms with Gasteiger partial charge in [-0.1, -0.05) is 19.8 Å². The lowest BCUT2D eigenvalue weighted by Crippen LogP contribution is -2.39. The van der Waals surface area contributed by atoms with Crippen molar-refractivity contribution in [1.82, 2.24) is 0 Å². The fourth-order valence-electron chi connectivity index (χ4n) is 2.70. The van der Waals surface area contributed by atoms with Crippen molar-refractivity contribution in [3.05, 3.63) is 0 Å². The third-order valence-electron chi connectivity index (χ3n) is 4.09. The number of cyclic esters (lactones) is 1. The third-order valence-corrected chi connectivity index (χ3v) is 4.09. The number of ether oxygens (including phenoxy) is 3. The number of unbranched alkanes of at least 4 members (excludes halogenated alkanes) is 1. The molecule has 1 heterocycles. The van der Waals surface area contributed by atoms with Gasteiger partial charge in [0, 0.05) is 18.9 Å². The van der Waals surface area contributed by atoms with Crippen molar-refractivity contribution < 1.29 is 32.2 Å². The first-order chi connectivity index (χ1) is 11.2. The molecule has 0 bridgehead atoms. The van der Waals surface area contributed by atoms with E-state index in [9.17, 15) is 18.0 Å². The van der Waals surface area contributed by atoms with Crippen LogP contribution in [0.5, 0.6) is 0 Å². The molecule has 24 heavy (non-hydrogen) atoms. The van der Waals surface area contributed by atoms with Crippen LogP contribution in [0.25, 0.3) is 0 Å². The molecule has 0 radical (unpaired) electrons. The summed E-state index contributed by atoms with van der Waals surface area (Å²) in [5.41, 5.74) is 5.67. The first-order valence-electron chi connectivity index (χ1n) is 8.46. The molecule has 0 aliphatic carbocycles. The molecule has 4 unspecified atom stereocenters. The summed E-state index contributed by atoms with van der Waals surface area (Å²) in [6.45, 7) is 3.99. The van der Waals surface area contributed by atoms with Gasteiger partial charge in [0.15, 0.2) is 0 Å². The van der Waals surface area contributed by atoms with E-state index in [-0.39, 0.29) is 32.2 Å². The highest BCUT2D eigenvalue weighted by molar-refractivity contribution is 5.75. The maximum Gasteiger partial charge on any atom is 0.389 e. The Morgan fingerprint density at radius 2 is 2.00 bits per heavy atom. The number of carbonyl (C=O) groups excluding carboxylic acids is 1. The van der Waals surface area contributed by atoms with Crippen LogP contribution < -0.4 is 5.73 Å². The molecule has 1 rings (SSSR count). The van der Waals surface area contributed by atoms with Crippen molar-refractivity contribution >= 4 is 5.97 Å². The van der Waals surface area contributed by atoms with E-state index >= 15 is 0 Å². The third kappa shape index (κ3) is 7.81. The van der Waals surface area contributed by atoms with Gasteiger partial charge in [-0.15, -0.1) is 0 Å². The summed E-state index contributed by atoms with van der Waals surface area (Å²) in [5.74, 6) is -0.660. The molecule has 1 saturated heterocycles. The fraction of sp³-hybridized carbons (Fsp3) is 0.938. The number of carbonyl (C=O) groups is 1. The Balaban J connectivity index is 2.68. The molecule has 0 aromatic carbocycles. The minimum absolute atomic E-state index is 0.00840. The Hall–Kier alpha value is -0.860. The molecular weight excluding hydrogens is 327 g/mol. The predicted molar refractivity (Wildman–Crippen MR) is 82.4 cm³/mol. The predicted octanol–water partition coefficient (Wildman–Crippen LogP) is 2.81. The fourth-order valence-corrected chi connectivity index (χ4v) is 2.70. The average Bonchev–Trinajstić information content (AvgIpc) is 2.53. The Morgan fingerprint density at radius 3 is 2.62 bits per heavy atom. The largest absolute Gasteiger partial charge is 0.461 e. The second-order valence-corrected chi connectivity index (χ2v) is 6.22. The molecule has 5 nitrogen and oxygen atoms in total. The Labute approximate surface area is 141 Å². The molecule has 1 fully saturated rings. The second-order valence-electron chi connectivity index (χ2n) is 6.22. The number of hydrogen-bond acceptors (Lipinski definition) is 5. The highest BCUT2D eigenvalue weighted by Gasteiger charge is 2.33. The molecular formula is C16H28F3NO4. The number of nitrogens with two attached hydrogens (primary N) is 1. The number of alkyl halides is 3. The monoisotopic (exact) mass is 355 g/mol. The SMILES string of the molecule is CCCCC1C(C)OC(=O)C(N)COCC1OCCCC(F)(F)F. The van der Waals surface area contributed by atoms with E-state index in [1.54, 1.807) is 6.92 Å². The lowest BCUT2D eigenvalue weighted by atomic mass is 9.91. The van der Waals surface area contributed by atoms with Gasteiger partial charge in [-0.05, 0) is 19.8 Å². The van der Waals surface area contributed by atoms with Crippen LogP contribution in [0.3, 0.4) is 0 Å². The number of hydrogen-bond donors (Lipinski definition) is 1. The molecule has 1 aliphatic heterocycles. The van der Waals surface area contributed by atoms with Gasteiger partial charge in [-0.2, -0.15) is 13.2 Å². The van der Waals surface area contributed by atoms with Gasteiger partial charge in [0.1, 0.15) is 12.1 Å². The summed E-state index contributed by atoms with van der Waals surface area (Å²) in [4.78, 5) is 11.8. The zero-order valence-electron chi connectivity index (χ0n) is 14.3. The second kappa shape index (κ2) is 10.2. The van der Waals surface area contributed by atoms with Crippen LogP contribution in [-0.4, -0.2) is 50.2 Å². The molecule has 4 atom stereocenters. The molecule has 1 aliphatic rings. The highest BCUT2D eigenvalue weighted by atomic mass is 19.4. The van der Waals surface area contributed by atoms with Crippen LogP contribution in [0.15, 0.2) is 0 Å². The van der Waals surface area contributed by atoms with E-state index in [4.69, 9.17) is 19.9 Å². The lowest BCUT2D eigenvalue weighted by Gasteiger charge is -2.30. The quantitative estimate of drug-likeness (QED) is 0.562. The molecule has 142 valence electrons. The number of esters is 1. The summed E-state index contributed by atoms with van der Waals surface area (Å²) in [7, 11) is 0. The van der Waals surface area contributed by atoms with E-state index in [1.807, 2.05) is 6.92 Å². The van der Waals surface area contributed by atoms with Crippen molar-refractivity contribution in [2.75, 3.05) is 19.8 Å². The Kier molecular flexibility index (Phi) is 9.01. The van der Waals surface area contributed by atoms with Crippen molar-refractivity contribution in [1.29, 1.82) is 0 Å². The van der Waals surface area contributed by atoms with Crippen LogP contribution >= 0.6 is 0 Å². The first-order valence-corrected chi connectivity index (χ1v) is 8.46. The minimum atomic E-state index is -4.19. The van der Waals surface area contributed by atoms with E-state index in [1.165, 1.54) is 0 Å². The smallest absolute Gasteiger partial charge is 0.389 e. The highest BCUT2D eigenvalue weighted by Crippen LogP contribution is 2.26. The van der Waals surface area contributed by atoms with Crippen molar-refractivity contribution in [2.24, 2.45) is 11.7 Å². The summed E-state index contributed by atoms with van der Waals surface area (Å²) >= 11 is 0. The van der Waals surface area contributed by atoms with E-state index in [2.05, 4.69) is 0 Å². The normalized spacial score (nSPS) is 29.5. The first kappa shape index (κ1) is 21.2. The van der Waals surface area contributed by atoms with Gasteiger partial charge < -0.3 is 19.9 Å². The summed E-state index contributed by atoms with van der Waals surface area (Å²) in [5, 5.41) is 0. The van der Waals surface area contributed by atoms with Gasteiger partial charge >= 0.3 is 12.1 Å². The van der Waals surface area contributed by atoms with E-state index < -0.39 is 36.8 Å². The minimum Gasteiger partial charge on any atom is -0.461 e. The summed E-state index contributed by atoms with van der Waals surface area (Å²) in [6, 6.07) is -0.858. The maximum absolute atomic E-state index is 12.2. The lowest BCUT2D eigenvalue weighted by molar-refractivity contribution is -0.156. The summed E-state index contributed by atoms with van der Waals surface area (Å²) in [6.07, 6.45) is -3.41. The molecule has 0 spiro atoms. The van der Waals surface area contributed by atoms with E-state index in [0.29, 0.717) is 0 Å². The van der Waals surface area contributed by atoms with Crippen LogP contribution in [-0.2, 0) is 19.0 Å². The zero-order valence-corrected chi connectivity index (χ0v) is 14.3. The van der Waals surface area contributed by atoms with Crippen molar-refractivity contribution in [2.45, 2.75) is 70.4 Å². The zero-order chi connectivity index (χ0) is 18.2. The van der Waals surface area contributed by atoms with Crippen LogP contribution in [0, 0.1) is 5.92 Å². The van der Waals surface area contributed by atoms with Crippen LogP contribution in [0.2, 0.25) is 0 Å². The Bertz CT molecular complexity index is 379. The molecule has 8 heteroatoms. The molecule has 2 N–H and O–H groups in total. The van der Waals surface area contributed by atoms with Crippen molar-refractivity contribution in [3.8, 4) is 0 Å².